The van der Waals surface area contributed by atoms with Crippen LogP contribution in [0.15, 0.2) is 30.3 Å². The number of aliphatic hydroxyl groups excluding tert-OH is 1. The Balaban J connectivity index is 2.30. The van der Waals surface area contributed by atoms with Crippen LogP contribution < -0.4 is 0 Å². The van der Waals surface area contributed by atoms with Gasteiger partial charge in [-0.2, -0.15) is 13.2 Å². The van der Waals surface area contributed by atoms with Crippen molar-refractivity contribution in [3.8, 4) is 0 Å². The maximum Gasteiger partial charge on any atom is 0.389 e. The second kappa shape index (κ2) is 6.78. The zero-order chi connectivity index (χ0) is 13.6. The summed E-state index contributed by atoms with van der Waals surface area (Å²) in [7, 11) is 0. The number of rotatable bonds is 6. The topological polar surface area (TPSA) is 20.2 Å². The summed E-state index contributed by atoms with van der Waals surface area (Å²) in [5.74, 6) is 0.159. The van der Waals surface area contributed by atoms with Gasteiger partial charge in [0, 0.05) is 6.42 Å². The maximum atomic E-state index is 12.0. The van der Waals surface area contributed by atoms with Crippen molar-refractivity contribution in [2.45, 2.75) is 50.8 Å². The number of halogens is 3. The van der Waals surface area contributed by atoms with E-state index >= 15 is 0 Å². The van der Waals surface area contributed by atoms with Crippen LogP contribution in [0.4, 0.5) is 13.2 Å². The number of hydrogen-bond donors (Lipinski definition) is 1. The molecule has 0 aliphatic rings. The van der Waals surface area contributed by atoms with Gasteiger partial charge in [0.1, 0.15) is 0 Å². The number of aliphatic hydroxyl groups is 1. The quantitative estimate of drug-likeness (QED) is 0.809. The number of hydrogen-bond acceptors (Lipinski definition) is 1. The van der Waals surface area contributed by atoms with Crippen LogP contribution in [-0.2, 0) is 0 Å². The second-order valence-electron chi connectivity index (χ2n) is 4.71. The molecule has 2 unspecified atom stereocenters. The molecule has 4 heteroatoms. The van der Waals surface area contributed by atoms with Crippen molar-refractivity contribution in [2.75, 3.05) is 0 Å². The Kier molecular flexibility index (Phi) is 5.66. The van der Waals surface area contributed by atoms with Gasteiger partial charge in [-0.3, -0.25) is 0 Å². The Bertz CT molecular complexity index is 335. The zero-order valence-corrected chi connectivity index (χ0v) is 10.5. The average Bonchev–Trinajstić information content (AvgIpc) is 2.28. The molecule has 1 aromatic rings. The fourth-order valence-electron chi connectivity index (χ4n) is 1.98. The number of benzene rings is 1. The molecule has 0 saturated heterocycles. The van der Waals surface area contributed by atoms with E-state index in [1.807, 2.05) is 37.3 Å². The summed E-state index contributed by atoms with van der Waals surface area (Å²) in [6.07, 6.45) is -4.90. The van der Waals surface area contributed by atoms with Gasteiger partial charge in [0.25, 0.3) is 0 Å². The third kappa shape index (κ3) is 6.05. The van der Waals surface area contributed by atoms with Crippen LogP contribution in [0.5, 0.6) is 0 Å². The van der Waals surface area contributed by atoms with Gasteiger partial charge in [0.2, 0.25) is 0 Å². The van der Waals surface area contributed by atoms with E-state index in [0.29, 0.717) is 6.42 Å². The van der Waals surface area contributed by atoms with Crippen molar-refractivity contribution < 1.29 is 18.3 Å². The molecular formula is C14H19F3O. The van der Waals surface area contributed by atoms with Crippen molar-refractivity contribution in [1.29, 1.82) is 0 Å². The van der Waals surface area contributed by atoms with Crippen LogP contribution >= 0.6 is 0 Å². The van der Waals surface area contributed by atoms with E-state index in [9.17, 15) is 18.3 Å². The highest BCUT2D eigenvalue weighted by Crippen LogP contribution is 2.25. The SMILES string of the molecule is CC(CC(O)CCCC(F)(F)F)c1ccccc1. The molecule has 0 fully saturated rings. The van der Waals surface area contributed by atoms with Crippen molar-refractivity contribution in [3.63, 3.8) is 0 Å². The van der Waals surface area contributed by atoms with E-state index in [-0.39, 0.29) is 18.8 Å². The van der Waals surface area contributed by atoms with Gasteiger partial charge in [-0.1, -0.05) is 37.3 Å². The molecule has 0 heterocycles. The highest BCUT2D eigenvalue weighted by Gasteiger charge is 2.26. The molecule has 2 atom stereocenters. The van der Waals surface area contributed by atoms with E-state index < -0.39 is 18.7 Å². The molecular weight excluding hydrogens is 241 g/mol. The van der Waals surface area contributed by atoms with Gasteiger partial charge in [-0.05, 0) is 30.7 Å². The highest BCUT2D eigenvalue weighted by atomic mass is 19.4. The van der Waals surface area contributed by atoms with Gasteiger partial charge in [-0.15, -0.1) is 0 Å². The molecule has 0 bridgehead atoms. The summed E-state index contributed by atoms with van der Waals surface area (Å²) in [4.78, 5) is 0. The monoisotopic (exact) mass is 260 g/mol. The van der Waals surface area contributed by atoms with Crippen LogP contribution in [0.2, 0.25) is 0 Å². The van der Waals surface area contributed by atoms with Gasteiger partial charge in [0.15, 0.2) is 0 Å². The Labute approximate surface area is 106 Å². The van der Waals surface area contributed by atoms with Crippen LogP contribution in [0.3, 0.4) is 0 Å². The Morgan fingerprint density at radius 3 is 2.33 bits per heavy atom. The summed E-state index contributed by atoms with van der Waals surface area (Å²) in [5, 5.41) is 9.71. The van der Waals surface area contributed by atoms with Crippen LogP contribution in [0.1, 0.15) is 44.1 Å². The smallest absolute Gasteiger partial charge is 0.389 e. The van der Waals surface area contributed by atoms with Gasteiger partial charge >= 0.3 is 6.18 Å². The molecule has 102 valence electrons. The van der Waals surface area contributed by atoms with Crippen molar-refractivity contribution in [2.24, 2.45) is 0 Å². The summed E-state index contributed by atoms with van der Waals surface area (Å²) < 4.78 is 35.9. The van der Waals surface area contributed by atoms with Gasteiger partial charge in [0.05, 0.1) is 6.10 Å². The highest BCUT2D eigenvalue weighted by molar-refractivity contribution is 5.18. The molecule has 1 rings (SSSR count). The lowest BCUT2D eigenvalue weighted by Gasteiger charge is -2.17. The summed E-state index contributed by atoms with van der Waals surface area (Å²) in [5.41, 5.74) is 1.10. The predicted octanol–water partition coefficient (Wildman–Crippen LogP) is 4.27. The first-order valence-corrected chi connectivity index (χ1v) is 6.18. The maximum absolute atomic E-state index is 12.0. The van der Waals surface area contributed by atoms with Crippen LogP contribution in [0, 0.1) is 0 Å². The summed E-state index contributed by atoms with van der Waals surface area (Å²) in [6, 6.07) is 9.68. The first kappa shape index (κ1) is 15.0. The third-order valence-corrected chi connectivity index (χ3v) is 2.99. The largest absolute Gasteiger partial charge is 0.393 e. The van der Waals surface area contributed by atoms with Crippen LogP contribution in [0.25, 0.3) is 0 Å². The standard InChI is InChI=1S/C14H19F3O/c1-11(12-6-3-2-4-7-12)10-13(18)8-5-9-14(15,16)17/h2-4,6-7,11,13,18H,5,8-10H2,1H3. The van der Waals surface area contributed by atoms with E-state index in [1.165, 1.54) is 0 Å². The van der Waals surface area contributed by atoms with Crippen molar-refractivity contribution in [1.82, 2.24) is 0 Å². The zero-order valence-electron chi connectivity index (χ0n) is 10.5. The minimum Gasteiger partial charge on any atom is -0.393 e. The summed E-state index contributed by atoms with van der Waals surface area (Å²) in [6.45, 7) is 1.97. The van der Waals surface area contributed by atoms with Crippen molar-refractivity contribution >= 4 is 0 Å². The fraction of sp³-hybridized carbons (Fsp3) is 0.571. The first-order valence-electron chi connectivity index (χ1n) is 6.18. The molecule has 1 nitrogen and oxygen atoms in total. The lowest BCUT2D eigenvalue weighted by Crippen LogP contribution is -2.13. The minimum atomic E-state index is -4.12. The fourth-order valence-corrected chi connectivity index (χ4v) is 1.98. The molecule has 0 amide bonds. The normalized spacial score (nSPS) is 15.4. The Morgan fingerprint density at radius 2 is 1.78 bits per heavy atom. The molecule has 1 aromatic carbocycles. The molecule has 0 aromatic heterocycles. The minimum absolute atomic E-state index is 0.00776. The molecule has 0 radical (unpaired) electrons. The third-order valence-electron chi connectivity index (χ3n) is 2.99. The molecule has 0 spiro atoms. The predicted molar refractivity (Wildman–Crippen MR) is 65.4 cm³/mol. The lowest BCUT2D eigenvalue weighted by atomic mass is 9.93. The van der Waals surface area contributed by atoms with E-state index in [1.54, 1.807) is 0 Å². The summed E-state index contributed by atoms with van der Waals surface area (Å²) >= 11 is 0. The Morgan fingerprint density at radius 1 is 1.17 bits per heavy atom. The lowest BCUT2D eigenvalue weighted by molar-refractivity contribution is -0.136. The molecule has 1 N–H and O–H groups in total. The van der Waals surface area contributed by atoms with Crippen molar-refractivity contribution in [3.05, 3.63) is 35.9 Å². The van der Waals surface area contributed by atoms with E-state index in [2.05, 4.69) is 0 Å². The molecule has 0 aliphatic heterocycles. The molecule has 0 saturated carbocycles. The van der Waals surface area contributed by atoms with E-state index in [0.717, 1.165) is 5.56 Å². The van der Waals surface area contributed by atoms with E-state index in [4.69, 9.17) is 0 Å². The second-order valence-corrected chi connectivity index (χ2v) is 4.71. The number of alkyl halides is 3. The van der Waals surface area contributed by atoms with Gasteiger partial charge in [-0.25, -0.2) is 0 Å². The van der Waals surface area contributed by atoms with Gasteiger partial charge < -0.3 is 5.11 Å². The molecule has 18 heavy (non-hydrogen) atoms. The first-order chi connectivity index (χ1) is 8.38. The van der Waals surface area contributed by atoms with Crippen LogP contribution in [-0.4, -0.2) is 17.4 Å². The average molecular weight is 260 g/mol. The Hall–Kier alpha value is -1.03. The molecule has 0 aliphatic carbocycles.